The number of allylic oxidation sites excluding steroid dienone is 1. The highest BCUT2D eigenvalue weighted by Gasteiger charge is 2.17. The summed E-state index contributed by atoms with van der Waals surface area (Å²) in [7, 11) is 3.53. The molecule has 6 nitrogen and oxygen atoms in total. The van der Waals surface area contributed by atoms with Gasteiger partial charge in [0.05, 0.1) is 6.61 Å². The summed E-state index contributed by atoms with van der Waals surface area (Å²) in [6.45, 7) is 8.86. The van der Waals surface area contributed by atoms with E-state index in [-0.39, 0.29) is 11.5 Å². The van der Waals surface area contributed by atoms with Crippen LogP contribution >= 0.6 is 0 Å². The fourth-order valence-electron chi connectivity index (χ4n) is 4.14. The number of hydrogen-bond donors (Lipinski definition) is 1. The first-order valence-corrected chi connectivity index (χ1v) is 11.3. The van der Waals surface area contributed by atoms with Gasteiger partial charge in [0.25, 0.3) is 5.91 Å². The van der Waals surface area contributed by atoms with Gasteiger partial charge in [0.15, 0.2) is 0 Å². The molecule has 2 aromatic carbocycles. The summed E-state index contributed by atoms with van der Waals surface area (Å²) in [4.78, 5) is 14.8. The lowest BCUT2D eigenvalue weighted by Gasteiger charge is -2.21. The zero-order valence-corrected chi connectivity index (χ0v) is 20.1. The van der Waals surface area contributed by atoms with Crippen molar-refractivity contribution in [2.24, 2.45) is 7.05 Å². The summed E-state index contributed by atoms with van der Waals surface area (Å²) in [5, 5.41) is 14.7. The highest BCUT2D eigenvalue weighted by molar-refractivity contribution is 6.04. The molecule has 172 valence electrons. The maximum atomic E-state index is 12.5. The van der Waals surface area contributed by atoms with Crippen molar-refractivity contribution in [2.75, 3.05) is 38.3 Å². The molecule has 6 heteroatoms. The quantitative estimate of drug-likeness (QED) is 0.294. The second-order valence-electron chi connectivity index (χ2n) is 7.94. The molecule has 3 aromatic rings. The number of nitrogens with one attached hydrogen (secondary N) is 1. The van der Waals surface area contributed by atoms with Crippen LogP contribution in [0.2, 0.25) is 0 Å². The first kappa shape index (κ1) is 24.1. The molecule has 0 fully saturated rings. The molecule has 0 bridgehead atoms. The SMILES string of the molecule is CCN(CC)c1ccc2cc(-c3ccc(/C(C)=C(\C#N)C(=O)NCCOC)n3C)ccc2c1. The largest absolute Gasteiger partial charge is 0.383 e. The zero-order chi connectivity index (χ0) is 24.0. The minimum Gasteiger partial charge on any atom is -0.383 e. The van der Waals surface area contributed by atoms with E-state index in [1.165, 1.54) is 16.5 Å². The lowest BCUT2D eigenvalue weighted by molar-refractivity contribution is -0.117. The molecular formula is C27H32N4O2. The molecule has 1 aromatic heterocycles. The Hall–Kier alpha value is -3.56. The van der Waals surface area contributed by atoms with Crippen LogP contribution in [0.4, 0.5) is 5.69 Å². The lowest BCUT2D eigenvalue weighted by atomic mass is 10.0. The number of amides is 1. The third-order valence-electron chi connectivity index (χ3n) is 6.06. The first-order valence-electron chi connectivity index (χ1n) is 11.3. The number of carbonyl (C=O) groups excluding carboxylic acids is 1. The van der Waals surface area contributed by atoms with E-state index < -0.39 is 0 Å². The zero-order valence-electron chi connectivity index (χ0n) is 20.1. The lowest BCUT2D eigenvalue weighted by Crippen LogP contribution is -2.28. The van der Waals surface area contributed by atoms with E-state index in [1.807, 2.05) is 30.7 Å². The van der Waals surface area contributed by atoms with Crippen LogP contribution in [0.15, 0.2) is 54.1 Å². The average molecular weight is 445 g/mol. The number of anilines is 1. The van der Waals surface area contributed by atoms with Crippen LogP contribution in [0.25, 0.3) is 27.6 Å². The predicted molar refractivity (Wildman–Crippen MR) is 135 cm³/mol. The molecule has 0 spiro atoms. The number of ether oxygens (including phenoxy) is 1. The van der Waals surface area contributed by atoms with Crippen molar-refractivity contribution in [3.05, 3.63) is 59.8 Å². The summed E-state index contributed by atoms with van der Waals surface area (Å²) in [6, 6.07) is 19.1. The number of benzene rings is 2. The number of nitrogens with zero attached hydrogens (tertiary/aromatic N) is 3. The smallest absolute Gasteiger partial charge is 0.262 e. The Balaban J connectivity index is 1.94. The van der Waals surface area contributed by atoms with E-state index in [4.69, 9.17) is 4.74 Å². The van der Waals surface area contributed by atoms with Gasteiger partial charge < -0.3 is 19.5 Å². The molecule has 33 heavy (non-hydrogen) atoms. The number of aromatic nitrogens is 1. The van der Waals surface area contributed by atoms with Gasteiger partial charge in [-0.05, 0) is 73.0 Å². The van der Waals surface area contributed by atoms with Gasteiger partial charge in [-0.25, -0.2) is 0 Å². The summed E-state index contributed by atoms with van der Waals surface area (Å²) in [5.74, 6) is -0.385. The van der Waals surface area contributed by atoms with E-state index in [1.54, 1.807) is 7.11 Å². The van der Waals surface area contributed by atoms with Gasteiger partial charge in [0, 0.05) is 50.9 Å². The minimum atomic E-state index is -0.385. The fourth-order valence-corrected chi connectivity index (χ4v) is 4.14. The van der Waals surface area contributed by atoms with Crippen molar-refractivity contribution in [3.8, 4) is 17.3 Å². The Morgan fingerprint density at radius 3 is 2.45 bits per heavy atom. The molecule has 0 radical (unpaired) electrons. The number of methoxy groups -OCH3 is 1. The highest BCUT2D eigenvalue weighted by Crippen LogP contribution is 2.30. The number of fused-ring (bicyclic) bond motifs is 1. The second kappa shape index (κ2) is 10.8. The fraction of sp³-hybridized carbons (Fsp3) is 0.333. The van der Waals surface area contributed by atoms with Crippen molar-refractivity contribution in [3.63, 3.8) is 0 Å². The van der Waals surface area contributed by atoms with Crippen molar-refractivity contribution in [2.45, 2.75) is 20.8 Å². The van der Waals surface area contributed by atoms with Gasteiger partial charge >= 0.3 is 0 Å². The molecule has 0 aliphatic carbocycles. The Morgan fingerprint density at radius 1 is 1.09 bits per heavy atom. The van der Waals surface area contributed by atoms with Crippen LogP contribution in [0, 0.1) is 11.3 Å². The van der Waals surface area contributed by atoms with Crippen molar-refractivity contribution >= 4 is 27.9 Å². The van der Waals surface area contributed by atoms with Crippen LogP contribution in [0.3, 0.4) is 0 Å². The maximum Gasteiger partial charge on any atom is 0.262 e. The van der Waals surface area contributed by atoms with E-state index in [0.717, 1.165) is 30.0 Å². The van der Waals surface area contributed by atoms with Gasteiger partial charge in [0.2, 0.25) is 0 Å². The standard InChI is InChI=1S/C27H32N4O2/c1-6-31(7-2)23-11-10-20-16-22(9-8-21(20)17-23)26-13-12-25(30(26)4)19(3)24(18-28)27(32)29-14-15-33-5/h8-13,16-17H,6-7,14-15H2,1-5H3,(H,29,32)/b24-19+. The molecular weight excluding hydrogens is 412 g/mol. The summed E-state index contributed by atoms with van der Waals surface area (Å²) >= 11 is 0. The highest BCUT2D eigenvalue weighted by atomic mass is 16.5. The third kappa shape index (κ3) is 5.10. The molecule has 0 unspecified atom stereocenters. The summed E-state index contributed by atoms with van der Waals surface area (Å²) < 4.78 is 6.99. The van der Waals surface area contributed by atoms with Crippen molar-refractivity contribution < 1.29 is 9.53 Å². The molecule has 1 heterocycles. The van der Waals surface area contributed by atoms with Crippen LogP contribution in [-0.2, 0) is 16.6 Å². The van der Waals surface area contributed by atoms with Crippen LogP contribution < -0.4 is 10.2 Å². The minimum absolute atomic E-state index is 0.112. The molecule has 0 saturated heterocycles. The van der Waals surface area contributed by atoms with Crippen LogP contribution in [0.1, 0.15) is 26.5 Å². The van der Waals surface area contributed by atoms with Crippen molar-refractivity contribution in [1.29, 1.82) is 5.26 Å². The van der Waals surface area contributed by atoms with E-state index >= 15 is 0 Å². The number of hydrogen-bond acceptors (Lipinski definition) is 4. The van der Waals surface area contributed by atoms with Gasteiger partial charge in [-0.2, -0.15) is 5.26 Å². The monoisotopic (exact) mass is 444 g/mol. The van der Waals surface area contributed by atoms with E-state index in [0.29, 0.717) is 18.7 Å². The summed E-state index contributed by atoms with van der Waals surface area (Å²) in [6.07, 6.45) is 0. The molecule has 0 atom stereocenters. The Labute approximate surface area is 196 Å². The molecule has 1 N–H and O–H groups in total. The summed E-state index contributed by atoms with van der Waals surface area (Å²) in [5.41, 5.74) is 4.93. The van der Waals surface area contributed by atoms with Gasteiger partial charge in [-0.15, -0.1) is 0 Å². The first-order chi connectivity index (χ1) is 15.9. The van der Waals surface area contributed by atoms with Gasteiger partial charge in [0.1, 0.15) is 11.6 Å². The van der Waals surface area contributed by atoms with Crippen LogP contribution in [0.5, 0.6) is 0 Å². The number of rotatable bonds is 9. The molecule has 1 amide bonds. The molecule has 0 saturated carbocycles. The molecule has 0 aliphatic rings. The third-order valence-corrected chi connectivity index (χ3v) is 6.06. The topological polar surface area (TPSA) is 70.3 Å². The Kier molecular flexibility index (Phi) is 7.92. The predicted octanol–water partition coefficient (Wildman–Crippen LogP) is 4.75. The molecule has 0 aliphatic heterocycles. The Bertz CT molecular complexity index is 1210. The number of carbonyl (C=O) groups is 1. The van der Waals surface area contributed by atoms with Gasteiger partial charge in [-0.1, -0.05) is 18.2 Å². The van der Waals surface area contributed by atoms with Crippen molar-refractivity contribution in [1.82, 2.24) is 9.88 Å². The molecule has 3 rings (SSSR count). The number of nitriles is 1. The van der Waals surface area contributed by atoms with E-state index in [2.05, 4.69) is 66.5 Å². The Morgan fingerprint density at radius 2 is 1.79 bits per heavy atom. The second-order valence-corrected chi connectivity index (χ2v) is 7.94. The normalized spacial score (nSPS) is 11.8. The average Bonchev–Trinajstić information content (AvgIpc) is 3.21. The maximum absolute atomic E-state index is 12.5. The van der Waals surface area contributed by atoms with Gasteiger partial charge in [-0.3, -0.25) is 4.79 Å². The van der Waals surface area contributed by atoms with E-state index in [9.17, 15) is 10.1 Å². The van der Waals surface area contributed by atoms with Crippen LogP contribution in [-0.4, -0.2) is 43.8 Å².